The summed E-state index contributed by atoms with van der Waals surface area (Å²) in [5.41, 5.74) is 10.6. The van der Waals surface area contributed by atoms with E-state index >= 15 is 0 Å². The number of hydrogen-bond acceptors (Lipinski definition) is 0. The first-order chi connectivity index (χ1) is 24.8. The van der Waals surface area contributed by atoms with Crippen molar-refractivity contribution in [1.29, 1.82) is 0 Å². The first kappa shape index (κ1) is 41.8. The Bertz CT molecular complexity index is 1910. The molecule has 0 radical (unpaired) electrons. The monoisotopic (exact) mass is 790 g/mol. The van der Waals surface area contributed by atoms with Crippen molar-refractivity contribution >= 4 is 39.8 Å². The third-order valence-electron chi connectivity index (χ3n) is 8.07. The molecule has 0 saturated carbocycles. The van der Waals surface area contributed by atoms with Crippen molar-refractivity contribution in [3.63, 3.8) is 0 Å². The molecular formula is C49H42Cl2Zr-4. The van der Waals surface area contributed by atoms with Gasteiger partial charge in [0.05, 0.1) is 0 Å². The predicted octanol–water partition coefficient (Wildman–Crippen LogP) is 12.9. The summed E-state index contributed by atoms with van der Waals surface area (Å²) >= 11 is 1.30. The van der Waals surface area contributed by atoms with Crippen LogP contribution in [0.3, 0.4) is 0 Å². The number of fused-ring (bicyclic) bond motifs is 5. The second-order valence-electron chi connectivity index (χ2n) is 11.5. The normalized spacial score (nSPS) is 10.6. The van der Waals surface area contributed by atoms with E-state index in [9.17, 15) is 0 Å². The number of benzene rings is 7. The molecule has 0 nitrogen and oxygen atoms in total. The first-order valence-electron chi connectivity index (χ1n) is 16.8. The van der Waals surface area contributed by atoms with Crippen LogP contribution in [0.2, 0.25) is 0 Å². The molecule has 0 unspecified atom stereocenters. The maximum Gasteiger partial charge on any atom is -0.0246 e. The molecule has 0 aromatic heterocycles. The van der Waals surface area contributed by atoms with Gasteiger partial charge in [0.1, 0.15) is 0 Å². The molecular weight excluding hydrogens is 751 g/mol. The number of halogens is 2. The number of rotatable bonds is 4. The van der Waals surface area contributed by atoms with Crippen molar-refractivity contribution in [2.24, 2.45) is 0 Å². The molecule has 3 heteroatoms. The van der Waals surface area contributed by atoms with Crippen molar-refractivity contribution in [2.45, 2.75) is 12.8 Å². The van der Waals surface area contributed by atoms with E-state index < -0.39 is 0 Å². The second-order valence-corrected chi connectivity index (χ2v) is 11.5. The molecule has 0 saturated heterocycles. The van der Waals surface area contributed by atoms with E-state index in [-0.39, 0.29) is 24.8 Å². The Morgan fingerprint density at radius 3 is 1.42 bits per heavy atom. The zero-order chi connectivity index (χ0) is 34.6. The summed E-state index contributed by atoms with van der Waals surface area (Å²) in [7, 11) is 0. The fourth-order valence-corrected chi connectivity index (χ4v) is 5.74. The Kier molecular flexibility index (Phi) is 19.1. The SMILES string of the molecule is Cl.Cl.[C-]1=CC=CC1.[CH2]=[Zr].[c-]1cccc2ccc3c(c12)Cc1ccccc1-3.c1ccc([CH-]c2ccccc2)cc1.c1ccc([CH-]c2ccccc2)cc1. The van der Waals surface area contributed by atoms with Crippen LogP contribution in [-0.4, -0.2) is 4.21 Å². The average molecular weight is 793 g/mol. The summed E-state index contributed by atoms with van der Waals surface area (Å²) in [5.74, 6) is 0. The average Bonchev–Trinajstić information content (AvgIpc) is 3.91. The smallest absolute Gasteiger partial charge is 0.0246 e. The summed E-state index contributed by atoms with van der Waals surface area (Å²) < 4.78 is 3.34. The van der Waals surface area contributed by atoms with Gasteiger partial charge in [-0.3, -0.25) is 6.08 Å². The molecule has 0 heterocycles. The fraction of sp³-hybridized carbons (Fsp3) is 0.0408. The molecule has 7 aromatic rings. The fourth-order valence-electron chi connectivity index (χ4n) is 5.74. The molecule has 7 aromatic carbocycles. The zero-order valence-corrected chi connectivity index (χ0v) is 33.2. The van der Waals surface area contributed by atoms with E-state index in [0.29, 0.717) is 0 Å². The van der Waals surface area contributed by atoms with Gasteiger partial charge in [-0.1, -0.05) is 115 Å². The Hall–Kier alpha value is -4.65. The third-order valence-corrected chi connectivity index (χ3v) is 8.07. The van der Waals surface area contributed by atoms with Crippen LogP contribution in [0.4, 0.5) is 0 Å². The Balaban J connectivity index is 0.000000191. The molecule has 0 aliphatic heterocycles. The van der Waals surface area contributed by atoms with Crippen LogP contribution in [0.1, 0.15) is 39.8 Å². The van der Waals surface area contributed by atoms with Crippen molar-refractivity contribution in [1.82, 2.24) is 0 Å². The number of allylic oxidation sites excluding steroid dienone is 4. The molecule has 0 bridgehead atoms. The molecule has 0 atom stereocenters. The summed E-state index contributed by atoms with van der Waals surface area (Å²) in [5, 5.41) is 2.57. The molecule has 0 spiro atoms. The van der Waals surface area contributed by atoms with Crippen molar-refractivity contribution < 1.29 is 24.2 Å². The van der Waals surface area contributed by atoms with Gasteiger partial charge in [-0.15, -0.1) is 155 Å². The van der Waals surface area contributed by atoms with Crippen LogP contribution in [-0.2, 0) is 30.7 Å². The summed E-state index contributed by atoms with van der Waals surface area (Å²) in [6.45, 7) is 0. The van der Waals surface area contributed by atoms with Gasteiger partial charge in [0.15, 0.2) is 0 Å². The first-order valence-corrected chi connectivity index (χ1v) is 18.5. The molecule has 2 aliphatic rings. The standard InChI is InChI=1S/C17H11.2C13H11.C5H5.CH2.2ClH.Zr/c1-3-7-14-12(5-1)9-10-16-15-8-4-2-6-13(15)11-17(14)16;2*1-3-7-12(8-4-1)11-13-9-5-2-6-10-13;1-2-4-5-3-1;;;;/h1-6,8-10H,11H2;2*1-11H;1-3H,4H2;1H2;2*1H;/q4*-1;;;;. The van der Waals surface area contributed by atoms with Gasteiger partial charge in [0.25, 0.3) is 0 Å². The van der Waals surface area contributed by atoms with Crippen LogP contribution in [0.25, 0.3) is 21.9 Å². The topological polar surface area (TPSA) is 0 Å². The maximum absolute atomic E-state index is 3.39. The van der Waals surface area contributed by atoms with Crippen LogP contribution < -0.4 is 0 Å². The largest absolute Gasteiger partial charge is 0.147 e. The van der Waals surface area contributed by atoms with Crippen molar-refractivity contribution in [3.8, 4) is 11.1 Å². The van der Waals surface area contributed by atoms with Crippen LogP contribution in [0.5, 0.6) is 0 Å². The van der Waals surface area contributed by atoms with Crippen LogP contribution in [0.15, 0.2) is 194 Å². The molecule has 2 aliphatic carbocycles. The summed E-state index contributed by atoms with van der Waals surface area (Å²) in [4.78, 5) is 0. The van der Waals surface area contributed by atoms with Gasteiger partial charge in [-0.25, -0.2) is 12.2 Å². The van der Waals surface area contributed by atoms with Gasteiger partial charge in [0.2, 0.25) is 0 Å². The number of hydrogen-bond donors (Lipinski definition) is 0. The molecule has 260 valence electrons. The predicted molar refractivity (Wildman–Crippen MR) is 225 cm³/mol. The van der Waals surface area contributed by atoms with E-state index in [4.69, 9.17) is 0 Å². The minimum atomic E-state index is 0. The molecule has 0 fully saturated rings. The van der Waals surface area contributed by atoms with Crippen molar-refractivity contribution in [3.05, 3.63) is 253 Å². The minimum absolute atomic E-state index is 0. The van der Waals surface area contributed by atoms with E-state index in [2.05, 4.69) is 181 Å². The summed E-state index contributed by atoms with van der Waals surface area (Å²) in [6.07, 6.45) is 15.4. The van der Waals surface area contributed by atoms with Crippen LogP contribution in [0, 0.1) is 25.0 Å². The van der Waals surface area contributed by atoms with Gasteiger partial charge in [-0.05, 0) is 17.5 Å². The van der Waals surface area contributed by atoms with Crippen molar-refractivity contribution in [2.75, 3.05) is 0 Å². The van der Waals surface area contributed by atoms with Gasteiger partial charge < -0.3 is 0 Å². The van der Waals surface area contributed by atoms with Crippen LogP contribution >= 0.6 is 24.8 Å². The Morgan fingerprint density at radius 1 is 0.500 bits per heavy atom. The summed E-state index contributed by atoms with van der Waals surface area (Å²) in [6, 6.07) is 64.1. The molecule has 52 heavy (non-hydrogen) atoms. The van der Waals surface area contributed by atoms with Gasteiger partial charge in [-0.2, -0.15) is 6.08 Å². The maximum atomic E-state index is 3.39. The zero-order valence-electron chi connectivity index (χ0n) is 29.1. The minimum Gasteiger partial charge on any atom is -0.147 e. The molecule has 0 N–H and O–H groups in total. The van der Waals surface area contributed by atoms with E-state index in [1.165, 1.54) is 79.5 Å². The van der Waals surface area contributed by atoms with E-state index in [1.54, 1.807) is 0 Å². The van der Waals surface area contributed by atoms with Gasteiger partial charge in [0, 0.05) is 0 Å². The van der Waals surface area contributed by atoms with E-state index in [1.807, 2.05) is 42.5 Å². The van der Waals surface area contributed by atoms with E-state index in [0.717, 1.165) is 12.8 Å². The quantitative estimate of drug-likeness (QED) is 0.156. The second kappa shape index (κ2) is 23.8. The Labute approximate surface area is 338 Å². The third kappa shape index (κ3) is 12.8. The molecule has 0 amide bonds. The Morgan fingerprint density at radius 2 is 0.981 bits per heavy atom. The molecule has 9 rings (SSSR count). The van der Waals surface area contributed by atoms with Gasteiger partial charge >= 0.3 is 28.4 Å².